The lowest BCUT2D eigenvalue weighted by atomic mass is 9.96. The molecule has 0 bridgehead atoms. The molecule has 0 aliphatic heterocycles. The zero-order chi connectivity index (χ0) is 22.7. The fourth-order valence-corrected chi connectivity index (χ4v) is 3.86. The van der Waals surface area contributed by atoms with Crippen molar-refractivity contribution < 1.29 is 18.0 Å². The van der Waals surface area contributed by atoms with Gasteiger partial charge in [-0.25, -0.2) is 0 Å². The average Bonchev–Trinajstić information content (AvgIpc) is 2.79. The van der Waals surface area contributed by atoms with E-state index >= 15 is 0 Å². The molecule has 0 heterocycles. The SMILES string of the molecule is O=C(NCCc1ccccc1Cl)c1ccc2c(-c3ccc(C(F)(F)F)cc3)cccc2c1. The third kappa shape index (κ3) is 4.78. The summed E-state index contributed by atoms with van der Waals surface area (Å²) in [5, 5.41) is 5.27. The molecule has 1 amide bonds. The third-order valence-corrected chi connectivity index (χ3v) is 5.67. The van der Waals surface area contributed by atoms with Gasteiger partial charge in [-0.05, 0) is 64.2 Å². The Morgan fingerprint density at radius 3 is 2.34 bits per heavy atom. The van der Waals surface area contributed by atoms with Crippen molar-refractivity contribution in [1.29, 1.82) is 0 Å². The Balaban J connectivity index is 1.52. The summed E-state index contributed by atoms with van der Waals surface area (Å²) in [5.41, 5.74) is 2.29. The fourth-order valence-electron chi connectivity index (χ4n) is 3.63. The van der Waals surface area contributed by atoms with Crippen molar-refractivity contribution in [2.45, 2.75) is 12.6 Å². The topological polar surface area (TPSA) is 29.1 Å². The van der Waals surface area contributed by atoms with Crippen molar-refractivity contribution >= 4 is 28.3 Å². The van der Waals surface area contributed by atoms with Gasteiger partial charge in [0.2, 0.25) is 0 Å². The number of halogens is 4. The Labute approximate surface area is 188 Å². The molecule has 0 saturated carbocycles. The Bertz CT molecular complexity index is 1270. The van der Waals surface area contributed by atoms with Crippen molar-refractivity contribution in [3.63, 3.8) is 0 Å². The number of rotatable bonds is 5. The first-order valence-corrected chi connectivity index (χ1v) is 10.4. The predicted octanol–water partition coefficient (Wildman–Crippen LogP) is 7.15. The van der Waals surface area contributed by atoms with Crippen LogP contribution in [-0.4, -0.2) is 12.5 Å². The van der Waals surface area contributed by atoms with Crippen molar-refractivity contribution in [2.75, 3.05) is 6.54 Å². The van der Waals surface area contributed by atoms with Gasteiger partial charge in [0.1, 0.15) is 0 Å². The molecule has 0 fully saturated rings. The molecule has 0 unspecified atom stereocenters. The van der Waals surface area contributed by atoms with Crippen LogP contribution >= 0.6 is 11.6 Å². The second kappa shape index (κ2) is 9.05. The highest BCUT2D eigenvalue weighted by Gasteiger charge is 2.30. The van der Waals surface area contributed by atoms with Crippen LogP contribution in [0.2, 0.25) is 5.02 Å². The maximum absolute atomic E-state index is 12.9. The minimum atomic E-state index is -4.37. The average molecular weight is 454 g/mol. The molecule has 0 aliphatic rings. The van der Waals surface area contributed by atoms with Crippen LogP contribution in [0.1, 0.15) is 21.5 Å². The number of nitrogens with one attached hydrogen (secondary N) is 1. The number of fused-ring (bicyclic) bond motifs is 1. The maximum atomic E-state index is 12.9. The van der Waals surface area contributed by atoms with Gasteiger partial charge in [0.15, 0.2) is 0 Å². The van der Waals surface area contributed by atoms with Crippen LogP contribution < -0.4 is 5.32 Å². The Morgan fingerprint density at radius 1 is 0.875 bits per heavy atom. The van der Waals surface area contributed by atoms with E-state index in [1.165, 1.54) is 12.1 Å². The third-order valence-electron chi connectivity index (χ3n) is 5.30. The molecule has 2 nitrogen and oxygen atoms in total. The summed E-state index contributed by atoms with van der Waals surface area (Å²) in [6.07, 6.45) is -3.75. The summed E-state index contributed by atoms with van der Waals surface area (Å²) in [4.78, 5) is 12.6. The van der Waals surface area contributed by atoms with Gasteiger partial charge in [-0.3, -0.25) is 4.79 Å². The van der Waals surface area contributed by atoms with Crippen molar-refractivity contribution in [3.05, 3.63) is 107 Å². The first kappa shape index (κ1) is 21.9. The molecule has 0 atom stereocenters. The van der Waals surface area contributed by atoms with Crippen LogP contribution in [0, 0.1) is 0 Å². The van der Waals surface area contributed by atoms with Crippen molar-refractivity contribution in [3.8, 4) is 11.1 Å². The fraction of sp³-hybridized carbons (Fsp3) is 0.115. The normalized spacial score (nSPS) is 11.5. The first-order valence-electron chi connectivity index (χ1n) is 10.0. The van der Waals surface area contributed by atoms with Crippen LogP contribution in [0.3, 0.4) is 0 Å². The summed E-state index contributed by atoms with van der Waals surface area (Å²) in [6, 6.07) is 23.5. The summed E-state index contributed by atoms with van der Waals surface area (Å²) in [5.74, 6) is -0.195. The molecule has 4 rings (SSSR count). The highest BCUT2D eigenvalue weighted by Crippen LogP contribution is 2.33. The lowest BCUT2D eigenvalue weighted by molar-refractivity contribution is -0.137. The first-order chi connectivity index (χ1) is 15.3. The van der Waals surface area contributed by atoms with E-state index in [1.54, 1.807) is 12.1 Å². The number of amides is 1. The maximum Gasteiger partial charge on any atom is 0.416 e. The standard InChI is InChI=1S/C26H19ClF3NO/c27-24-7-2-1-4-18(24)14-15-31-25(32)20-10-13-23-19(16-20)5-3-6-22(23)17-8-11-21(12-9-17)26(28,29)30/h1-13,16H,14-15H2,(H,31,32). The van der Waals surface area contributed by atoms with Gasteiger partial charge in [0, 0.05) is 17.1 Å². The van der Waals surface area contributed by atoms with Gasteiger partial charge in [-0.15, -0.1) is 0 Å². The largest absolute Gasteiger partial charge is 0.416 e. The second-order valence-electron chi connectivity index (χ2n) is 7.41. The van der Waals surface area contributed by atoms with Gasteiger partial charge in [-0.2, -0.15) is 13.2 Å². The van der Waals surface area contributed by atoms with E-state index in [9.17, 15) is 18.0 Å². The monoisotopic (exact) mass is 453 g/mol. The quantitative estimate of drug-likeness (QED) is 0.341. The number of hydrogen-bond donors (Lipinski definition) is 1. The zero-order valence-electron chi connectivity index (χ0n) is 16.9. The molecule has 32 heavy (non-hydrogen) atoms. The number of carbonyl (C=O) groups excluding carboxylic acids is 1. The van der Waals surface area contributed by atoms with Crippen LogP contribution in [0.25, 0.3) is 21.9 Å². The molecule has 0 radical (unpaired) electrons. The number of alkyl halides is 3. The second-order valence-corrected chi connectivity index (χ2v) is 7.82. The predicted molar refractivity (Wildman–Crippen MR) is 122 cm³/mol. The molecule has 6 heteroatoms. The molecule has 0 aliphatic carbocycles. The van der Waals surface area contributed by atoms with Gasteiger partial charge >= 0.3 is 6.18 Å². The number of benzene rings is 4. The summed E-state index contributed by atoms with van der Waals surface area (Å²) < 4.78 is 38.6. The minimum absolute atomic E-state index is 0.195. The molecule has 0 saturated heterocycles. The Kier molecular flexibility index (Phi) is 6.19. The molecule has 162 valence electrons. The highest BCUT2D eigenvalue weighted by molar-refractivity contribution is 6.31. The van der Waals surface area contributed by atoms with E-state index in [1.807, 2.05) is 48.5 Å². The van der Waals surface area contributed by atoms with Gasteiger partial charge < -0.3 is 5.32 Å². The molecular weight excluding hydrogens is 435 g/mol. The van der Waals surface area contributed by atoms with E-state index in [4.69, 9.17) is 11.6 Å². The lowest BCUT2D eigenvalue weighted by Crippen LogP contribution is -2.25. The van der Waals surface area contributed by atoms with Crippen molar-refractivity contribution in [1.82, 2.24) is 5.32 Å². The molecule has 0 spiro atoms. The summed E-state index contributed by atoms with van der Waals surface area (Å²) in [6.45, 7) is 0.451. The van der Waals surface area contributed by atoms with Crippen LogP contribution in [0.4, 0.5) is 13.2 Å². The Hall–Kier alpha value is -3.31. The lowest BCUT2D eigenvalue weighted by Gasteiger charge is -2.11. The van der Waals surface area contributed by atoms with Crippen LogP contribution in [0.15, 0.2) is 84.9 Å². The molecular formula is C26H19ClF3NO. The molecule has 0 aromatic heterocycles. The van der Waals surface area contributed by atoms with Gasteiger partial charge in [-0.1, -0.05) is 66.2 Å². The summed E-state index contributed by atoms with van der Waals surface area (Å²) in [7, 11) is 0. The number of carbonyl (C=O) groups is 1. The van der Waals surface area contributed by atoms with Crippen molar-refractivity contribution in [2.24, 2.45) is 0 Å². The van der Waals surface area contributed by atoms with E-state index in [2.05, 4.69) is 5.32 Å². The van der Waals surface area contributed by atoms with Gasteiger partial charge in [0.25, 0.3) is 5.91 Å². The van der Waals surface area contributed by atoms with E-state index < -0.39 is 11.7 Å². The minimum Gasteiger partial charge on any atom is -0.352 e. The van der Waals surface area contributed by atoms with Crippen LogP contribution in [-0.2, 0) is 12.6 Å². The molecule has 4 aromatic rings. The highest BCUT2D eigenvalue weighted by atomic mass is 35.5. The van der Waals surface area contributed by atoms with Crippen LogP contribution in [0.5, 0.6) is 0 Å². The van der Waals surface area contributed by atoms with E-state index in [0.717, 1.165) is 34.0 Å². The summed E-state index contributed by atoms with van der Waals surface area (Å²) >= 11 is 6.15. The molecule has 1 N–H and O–H groups in total. The zero-order valence-corrected chi connectivity index (χ0v) is 17.7. The Morgan fingerprint density at radius 2 is 1.62 bits per heavy atom. The van der Waals surface area contributed by atoms with Gasteiger partial charge in [0.05, 0.1) is 5.56 Å². The van der Waals surface area contributed by atoms with E-state index in [-0.39, 0.29) is 5.91 Å². The van der Waals surface area contributed by atoms with E-state index in [0.29, 0.717) is 29.1 Å². The smallest absolute Gasteiger partial charge is 0.352 e. The molecule has 4 aromatic carbocycles. The number of hydrogen-bond acceptors (Lipinski definition) is 1.